The van der Waals surface area contributed by atoms with E-state index in [1.54, 1.807) is 37.4 Å². The molecule has 0 saturated carbocycles. The first kappa shape index (κ1) is 25.4. The number of amides is 2. The summed E-state index contributed by atoms with van der Waals surface area (Å²) in [5, 5.41) is 6.39. The summed E-state index contributed by atoms with van der Waals surface area (Å²) in [6.45, 7) is 5.10. The van der Waals surface area contributed by atoms with Crippen molar-refractivity contribution in [1.82, 2.24) is 24.8 Å². The highest BCUT2D eigenvalue weighted by Gasteiger charge is 2.22. The van der Waals surface area contributed by atoms with Gasteiger partial charge in [0.2, 0.25) is 5.91 Å². The van der Waals surface area contributed by atoms with E-state index < -0.39 is 6.43 Å². The van der Waals surface area contributed by atoms with Gasteiger partial charge in [-0.25, -0.2) is 13.8 Å². The van der Waals surface area contributed by atoms with Gasteiger partial charge in [-0.3, -0.25) is 24.5 Å². The monoisotopic (exact) mass is 519 g/mol. The minimum atomic E-state index is -2.64. The molecule has 11 heteroatoms. The Hall–Kier alpha value is -4.25. The van der Waals surface area contributed by atoms with Crippen LogP contribution in [-0.4, -0.2) is 55.8 Å². The van der Waals surface area contributed by atoms with E-state index in [2.05, 4.69) is 42.4 Å². The molecule has 196 valence electrons. The highest BCUT2D eigenvalue weighted by atomic mass is 19.3. The van der Waals surface area contributed by atoms with Gasteiger partial charge in [-0.1, -0.05) is 0 Å². The number of anilines is 2. The van der Waals surface area contributed by atoms with Gasteiger partial charge in [0.05, 0.1) is 35.4 Å². The van der Waals surface area contributed by atoms with Gasteiger partial charge in [0, 0.05) is 35.1 Å². The van der Waals surface area contributed by atoms with Crippen LogP contribution in [0.5, 0.6) is 0 Å². The zero-order valence-electron chi connectivity index (χ0n) is 21.0. The predicted octanol–water partition coefficient (Wildman–Crippen LogP) is 4.94. The minimum Gasteiger partial charge on any atom is -0.339 e. The number of carbonyl (C=O) groups excluding carboxylic acids is 2. The SMILES string of the molecule is Cc1ncc(NC(=O)CN2CCC[C@@H]2C)cc1NC(=O)c1cnc2[nH]c(-c3ccc(C(F)F)nc3)cc2c1. The molecule has 2 amide bonds. The number of fused-ring (bicyclic) bond motifs is 1. The van der Waals surface area contributed by atoms with Gasteiger partial charge in [-0.2, -0.15) is 0 Å². The number of nitrogens with zero attached hydrogens (tertiary/aromatic N) is 4. The summed E-state index contributed by atoms with van der Waals surface area (Å²) in [5.41, 5.74) is 3.41. The van der Waals surface area contributed by atoms with Crippen molar-refractivity contribution in [2.45, 2.75) is 39.2 Å². The van der Waals surface area contributed by atoms with E-state index in [9.17, 15) is 18.4 Å². The Morgan fingerprint density at radius 1 is 1.11 bits per heavy atom. The van der Waals surface area contributed by atoms with Crippen molar-refractivity contribution in [1.29, 1.82) is 0 Å². The van der Waals surface area contributed by atoms with Crippen molar-refractivity contribution in [3.05, 3.63) is 65.9 Å². The lowest BCUT2D eigenvalue weighted by atomic mass is 10.1. The molecule has 4 aromatic rings. The van der Waals surface area contributed by atoms with Crippen molar-refractivity contribution in [3.8, 4) is 11.3 Å². The van der Waals surface area contributed by atoms with Crippen LogP contribution < -0.4 is 10.6 Å². The van der Waals surface area contributed by atoms with E-state index in [1.165, 1.54) is 18.5 Å². The third kappa shape index (κ3) is 5.52. The van der Waals surface area contributed by atoms with Gasteiger partial charge in [0.1, 0.15) is 11.3 Å². The van der Waals surface area contributed by atoms with Crippen LogP contribution >= 0.6 is 0 Å². The van der Waals surface area contributed by atoms with Crippen LogP contribution in [0.15, 0.2) is 48.9 Å². The molecule has 1 atom stereocenters. The molecule has 38 heavy (non-hydrogen) atoms. The fourth-order valence-corrected chi connectivity index (χ4v) is 4.52. The van der Waals surface area contributed by atoms with Crippen molar-refractivity contribution in [3.63, 3.8) is 0 Å². The molecule has 0 aliphatic carbocycles. The van der Waals surface area contributed by atoms with E-state index in [0.29, 0.717) is 57.5 Å². The zero-order chi connectivity index (χ0) is 26.8. The highest BCUT2D eigenvalue weighted by Crippen LogP contribution is 2.26. The maximum absolute atomic E-state index is 13.0. The van der Waals surface area contributed by atoms with Crippen molar-refractivity contribution >= 4 is 34.2 Å². The Kier molecular flexibility index (Phi) is 7.10. The van der Waals surface area contributed by atoms with Crippen LogP contribution in [0.1, 0.15) is 47.9 Å². The number of alkyl halides is 2. The maximum atomic E-state index is 13.0. The van der Waals surface area contributed by atoms with Gasteiger partial charge >= 0.3 is 0 Å². The number of pyridine rings is 3. The second-order valence-corrected chi connectivity index (χ2v) is 9.44. The Morgan fingerprint density at radius 2 is 1.95 bits per heavy atom. The van der Waals surface area contributed by atoms with E-state index in [4.69, 9.17) is 0 Å². The molecule has 1 fully saturated rings. The number of aromatic nitrogens is 4. The molecule has 0 unspecified atom stereocenters. The lowest BCUT2D eigenvalue weighted by Gasteiger charge is -2.20. The first-order valence-corrected chi connectivity index (χ1v) is 12.3. The molecule has 0 spiro atoms. The number of aryl methyl sites for hydroxylation is 1. The van der Waals surface area contributed by atoms with Crippen LogP contribution in [0, 0.1) is 6.92 Å². The van der Waals surface area contributed by atoms with Crippen molar-refractivity contribution in [2.24, 2.45) is 0 Å². The first-order valence-electron chi connectivity index (χ1n) is 12.3. The van der Waals surface area contributed by atoms with E-state index in [-0.39, 0.29) is 17.5 Å². The second-order valence-electron chi connectivity index (χ2n) is 9.44. The van der Waals surface area contributed by atoms with Crippen LogP contribution in [0.25, 0.3) is 22.3 Å². The molecular weight excluding hydrogens is 492 g/mol. The van der Waals surface area contributed by atoms with Gasteiger partial charge in [-0.15, -0.1) is 0 Å². The fourth-order valence-electron chi connectivity index (χ4n) is 4.52. The van der Waals surface area contributed by atoms with Crippen LogP contribution in [0.3, 0.4) is 0 Å². The number of hydrogen-bond acceptors (Lipinski definition) is 6. The number of halogens is 2. The van der Waals surface area contributed by atoms with E-state index in [1.807, 2.05) is 0 Å². The average molecular weight is 520 g/mol. The molecule has 4 aromatic heterocycles. The lowest BCUT2D eigenvalue weighted by molar-refractivity contribution is -0.117. The van der Waals surface area contributed by atoms with Crippen LogP contribution in [0.4, 0.5) is 20.2 Å². The van der Waals surface area contributed by atoms with Gasteiger partial charge in [0.25, 0.3) is 12.3 Å². The Bertz CT molecular complexity index is 1490. The predicted molar refractivity (Wildman–Crippen MR) is 140 cm³/mol. The van der Waals surface area contributed by atoms with Gasteiger partial charge in [-0.05, 0) is 63.6 Å². The third-order valence-corrected chi connectivity index (χ3v) is 6.71. The third-order valence-electron chi connectivity index (χ3n) is 6.71. The lowest BCUT2D eigenvalue weighted by Crippen LogP contribution is -2.35. The topological polar surface area (TPSA) is 116 Å². The summed E-state index contributed by atoms with van der Waals surface area (Å²) < 4.78 is 25.6. The van der Waals surface area contributed by atoms with Crippen LogP contribution in [-0.2, 0) is 4.79 Å². The molecule has 1 aliphatic heterocycles. The van der Waals surface area contributed by atoms with Crippen LogP contribution in [0.2, 0.25) is 0 Å². The molecule has 0 bridgehead atoms. The Morgan fingerprint density at radius 3 is 2.66 bits per heavy atom. The number of hydrogen-bond donors (Lipinski definition) is 3. The molecule has 1 aliphatic rings. The molecule has 0 radical (unpaired) electrons. The molecule has 1 saturated heterocycles. The normalized spacial score (nSPS) is 15.8. The highest BCUT2D eigenvalue weighted by molar-refractivity contribution is 6.06. The summed E-state index contributed by atoms with van der Waals surface area (Å²) in [7, 11) is 0. The zero-order valence-corrected chi connectivity index (χ0v) is 21.0. The average Bonchev–Trinajstić information content (AvgIpc) is 3.51. The quantitative estimate of drug-likeness (QED) is 0.319. The van der Waals surface area contributed by atoms with E-state index in [0.717, 1.165) is 19.4 Å². The number of rotatable bonds is 7. The summed E-state index contributed by atoms with van der Waals surface area (Å²) in [5.74, 6) is -0.511. The number of likely N-dealkylation sites (tertiary alicyclic amines) is 1. The Labute approximate surface area is 217 Å². The molecule has 0 aromatic carbocycles. The minimum absolute atomic E-state index is 0.126. The largest absolute Gasteiger partial charge is 0.339 e. The Balaban J connectivity index is 1.29. The number of H-pyrrole nitrogens is 1. The van der Waals surface area contributed by atoms with E-state index >= 15 is 0 Å². The molecular formula is C27H27F2N7O2. The maximum Gasteiger partial charge on any atom is 0.280 e. The number of nitrogens with one attached hydrogen (secondary N) is 3. The van der Waals surface area contributed by atoms with Gasteiger partial charge in [0.15, 0.2) is 0 Å². The smallest absolute Gasteiger partial charge is 0.280 e. The number of aromatic amines is 1. The molecule has 5 rings (SSSR count). The molecule has 9 nitrogen and oxygen atoms in total. The standard InChI is InChI=1S/C27H27F2N7O2/c1-15-4-3-7-36(15)14-24(37)33-20-10-22(16(2)30-13-20)35-27(38)19-8-18-9-23(34-26(18)32-12-19)17-5-6-21(25(28)29)31-11-17/h5-6,8-13,15,25H,3-4,7,14H2,1-2H3,(H,32,34)(H,33,37)(H,35,38)/t15-/m0/s1. The van der Waals surface area contributed by atoms with Gasteiger partial charge < -0.3 is 15.6 Å². The summed E-state index contributed by atoms with van der Waals surface area (Å²) in [4.78, 5) is 43.2. The summed E-state index contributed by atoms with van der Waals surface area (Å²) >= 11 is 0. The molecule has 3 N–H and O–H groups in total. The van der Waals surface area contributed by atoms with Crippen molar-refractivity contribution < 1.29 is 18.4 Å². The summed E-state index contributed by atoms with van der Waals surface area (Å²) in [6.07, 6.45) is 3.92. The summed E-state index contributed by atoms with van der Waals surface area (Å²) in [6, 6.07) is 8.36. The van der Waals surface area contributed by atoms with Crippen molar-refractivity contribution in [2.75, 3.05) is 23.7 Å². The fraction of sp³-hybridized carbons (Fsp3) is 0.296. The molecule has 5 heterocycles. The second kappa shape index (κ2) is 10.6. The first-order chi connectivity index (χ1) is 18.3. The number of carbonyl (C=O) groups is 2.